The molecule has 1 unspecified atom stereocenters. The van der Waals surface area contributed by atoms with Gasteiger partial charge in [-0.15, -0.1) is 0 Å². The summed E-state index contributed by atoms with van der Waals surface area (Å²) in [7, 11) is 2.46. The Hall–Kier alpha value is -0.0800. The van der Waals surface area contributed by atoms with Gasteiger partial charge in [0, 0.05) is 18.6 Å². The minimum absolute atomic E-state index is 0.773. The highest BCUT2D eigenvalue weighted by Crippen LogP contribution is 2.29. The van der Waals surface area contributed by atoms with Crippen molar-refractivity contribution in [3.8, 4) is 0 Å². The lowest BCUT2D eigenvalue weighted by Crippen LogP contribution is -2.40. The van der Waals surface area contributed by atoms with Gasteiger partial charge in [0.25, 0.3) is 0 Å². The van der Waals surface area contributed by atoms with Gasteiger partial charge in [0.15, 0.2) is 0 Å². The molecule has 240 valence electrons. The zero-order chi connectivity index (χ0) is 29.1. The first-order chi connectivity index (χ1) is 19.6. The topological polar surface area (TPSA) is 15.3 Å². The summed E-state index contributed by atoms with van der Waals surface area (Å²) in [5.41, 5.74) is 0. The summed E-state index contributed by atoms with van der Waals surface area (Å²) in [6.45, 7) is 12.0. The molecule has 1 aliphatic rings. The summed E-state index contributed by atoms with van der Waals surface area (Å²) in [6.07, 6.45) is 38.5. The molecule has 0 spiro atoms. The van der Waals surface area contributed by atoms with Crippen molar-refractivity contribution in [1.82, 2.24) is 10.2 Å². The Bertz CT molecular complexity index is 484. The molecule has 0 amide bonds. The molecule has 1 saturated carbocycles. The van der Waals surface area contributed by atoms with Gasteiger partial charge in [0.05, 0.1) is 0 Å². The number of unbranched alkanes of at least 4 members (excludes halogenated alkanes) is 15. The van der Waals surface area contributed by atoms with Crippen LogP contribution in [0.5, 0.6) is 0 Å². The Balaban J connectivity index is 2.41. The van der Waals surface area contributed by atoms with Crippen molar-refractivity contribution >= 4 is 0 Å². The van der Waals surface area contributed by atoms with Crippen molar-refractivity contribution in [2.24, 2.45) is 11.8 Å². The summed E-state index contributed by atoms with van der Waals surface area (Å²) < 4.78 is 0. The Labute approximate surface area is 255 Å². The average Bonchev–Trinajstić information content (AvgIpc) is 2.97. The van der Waals surface area contributed by atoms with Gasteiger partial charge in [-0.1, -0.05) is 150 Å². The van der Waals surface area contributed by atoms with Gasteiger partial charge in [-0.2, -0.15) is 0 Å². The molecule has 0 aromatic rings. The first-order valence-corrected chi connectivity index (χ1v) is 19.1. The average molecular weight is 563 g/mol. The Kier molecular flexibility index (Phi) is 26.3. The lowest BCUT2D eigenvalue weighted by molar-refractivity contribution is 0.136. The van der Waals surface area contributed by atoms with E-state index in [1.807, 2.05) is 0 Å². The molecule has 0 radical (unpaired) electrons. The van der Waals surface area contributed by atoms with Crippen LogP contribution in [0.3, 0.4) is 0 Å². The Morgan fingerprint density at radius 3 is 1.38 bits per heavy atom. The van der Waals surface area contributed by atoms with E-state index in [4.69, 9.17) is 0 Å². The van der Waals surface area contributed by atoms with Crippen LogP contribution in [0.1, 0.15) is 201 Å². The normalized spacial score (nSPS) is 18.7. The number of rotatable bonds is 29. The van der Waals surface area contributed by atoms with E-state index in [-0.39, 0.29) is 0 Å². The van der Waals surface area contributed by atoms with Crippen LogP contribution in [0.4, 0.5) is 0 Å². The summed E-state index contributed by atoms with van der Waals surface area (Å²) in [5.74, 6) is 1.84. The maximum atomic E-state index is 4.11. The van der Waals surface area contributed by atoms with E-state index in [1.165, 1.54) is 186 Å². The maximum Gasteiger partial charge on any atom is 0.00925 e. The summed E-state index contributed by atoms with van der Waals surface area (Å²) in [4.78, 5) is 2.80. The molecule has 2 heteroatoms. The molecule has 0 saturated heterocycles. The summed E-state index contributed by atoms with van der Waals surface area (Å²) >= 11 is 0. The van der Waals surface area contributed by atoms with E-state index in [1.54, 1.807) is 0 Å². The molecule has 0 aromatic carbocycles. The molecule has 0 aromatic heterocycles. The highest BCUT2D eigenvalue weighted by Gasteiger charge is 2.26. The summed E-state index contributed by atoms with van der Waals surface area (Å²) in [6, 6.07) is 1.61. The molecular formula is C38H78N2. The zero-order valence-electron chi connectivity index (χ0n) is 28.8. The van der Waals surface area contributed by atoms with E-state index in [0.717, 1.165) is 23.9 Å². The van der Waals surface area contributed by atoms with E-state index >= 15 is 0 Å². The largest absolute Gasteiger partial charge is 0.314 e. The predicted octanol–water partition coefficient (Wildman–Crippen LogP) is 12.1. The summed E-state index contributed by atoms with van der Waals surface area (Å²) in [5, 5.41) is 4.11. The van der Waals surface area contributed by atoms with Gasteiger partial charge in [-0.25, -0.2) is 0 Å². The Morgan fingerprint density at radius 2 is 0.925 bits per heavy atom. The molecule has 40 heavy (non-hydrogen) atoms. The van der Waals surface area contributed by atoms with Crippen LogP contribution in [0.2, 0.25) is 0 Å². The molecule has 2 nitrogen and oxygen atoms in total. The van der Waals surface area contributed by atoms with E-state index in [2.05, 4.69) is 45.0 Å². The minimum Gasteiger partial charge on any atom is -0.314 e. The van der Waals surface area contributed by atoms with Gasteiger partial charge in [-0.3, -0.25) is 0 Å². The maximum absolute atomic E-state index is 4.11. The quantitative estimate of drug-likeness (QED) is 0.0912. The fourth-order valence-electron chi connectivity index (χ4n) is 7.24. The molecule has 1 fully saturated rings. The predicted molar refractivity (Wildman–Crippen MR) is 183 cm³/mol. The van der Waals surface area contributed by atoms with Crippen LogP contribution in [-0.2, 0) is 0 Å². The van der Waals surface area contributed by atoms with Crippen molar-refractivity contribution in [3.63, 3.8) is 0 Å². The van der Waals surface area contributed by atoms with Gasteiger partial charge in [0.2, 0.25) is 0 Å². The highest BCUT2D eigenvalue weighted by molar-refractivity contribution is 4.82. The van der Waals surface area contributed by atoms with Crippen molar-refractivity contribution in [1.29, 1.82) is 0 Å². The molecule has 0 aliphatic heterocycles. The molecule has 1 atom stereocenters. The van der Waals surface area contributed by atoms with Crippen molar-refractivity contribution in [2.75, 3.05) is 20.1 Å². The third kappa shape index (κ3) is 20.7. The third-order valence-electron chi connectivity index (χ3n) is 10.2. The van der Waals surface area contributed by atoms with Gasteiger partial charge >= 0.3 is 0 Å². The van der Waals surface area contributed by atoms with E-state index < -0.39 is 0 Å². The number of nitrogens with zero attached hydrogens (tertiary/aromatic N) is 1. The lowest BCUT2D eigenvalue weighted by Gasteiger charge is -2.37. The van der Waals surface area contributed by atoms with Crippen molar-refractivity contribution in [3.05, 3.63) is 0 Å². The molecule has 1 rings (SSSR count). The first kappa shape index (κ1) is 37.9. The molecule has 0 bridgehead atoms. The second-order valence-electron chi connectivity index (χ2n) is 14.0. The zero-order valence-corrected chi connectivity index (χ0v) is 28.8. The smallest absolute Gasteiger partial charge is 0.00925 e. The number of hydrogen-bond donors (Lipinski definition) is 1. The molecular weight excluding hydrogens is 484 g/mol. The molecule has 1 N–H and O–H groups in total. The minimum atomic E-state index is 0.773. The van der Waals surface area contributed by atoms with Gasteiger partial charge in [-0.05, 0) is 76.8 Å². The lowest BCUT2D eigenvalue weighted by atomic mass is 9.84. The number of hydrogen-bond acceptors (Lipinski definition) is 2. The fraction of sp³-hybridized carbons (Fsp3) is 1.00. The number of nitrogens with one attached hydrogen (secondary N) is 1. The standard InChI is InChI=1S/C38H78N2/c1-6-10-14-18-22-26-36(25-21-17-13-9-4)34-40(5)38-31-29-35(30-32-38)33-39-37(27-23-19-15-11-7-2)28-24-20-16-12-8-3/h35-39H,6-34H2,1-5H3. The van der Waals surface area contributed by atoms with Gasteiger partial charge in [0.1, 0.15) is 0 Å². The van der Waals surface area contributed by atoms with Crippen molar-refractivity contribution in [2.45, 2.75) is 213 Å². The van der Waals surface area contributed by atoms with Crippen LogP contribution < -0.4 is 5.32 Å². The van der Waals surface area contributed by atoms with E-state index in [0.29, 0.717) is 0 Å². The Morgan fingerprint density at radius 1 is 0.525 bits per heavy atom. The first-order valence-electron chi connectivity index (χ1n) is 19.1. The van der Waals surface area contributed by atoms with Crippen LogP contribution in [0.25, 0.3) is 0 Å². The molecule has 1 aliphatic carbocycles. The second kappa shape index (κ2) is 27.7. The van der Waals surface area contributed by atoms with E-state index in [9.17, 15) is 0 Å². The molecule has 0 heterocycles. The van der Waals surface area contributed by atoms with Crippen LogP contribution >= 0.6 is 0 Å². The van der Waals surface area contributed by atoms with Crippen LogP contribution in [0, 0.1) is 11.8 Å². The van der Waals surface area contributed by atoms with Crippen molar-refractivity contribution < 1.29 is 0 Å². The highest BCUT2D eigenvalue weighted by atomic mass is 15.1. The monoisotopic (exact) mass is 563 g/mol. The fourth-order valence-corrected chi connectivity index (χ4v) is 7.24. The SMILES string of the molecule is CCCCCCCC(CCCCCC)CN(C)C1CCC(CNC(CCCCCCC)CCCCCCC)CC1. The van der Waals surface area contributed by atoms with Crippen LogP contribution in [0.15, 0.2) is 0 Å². The van der Waals surface area contributed by atoms with Gasteiger partial charge < -0.3 is 10.2 Å². The third-order valence-corrected chi connectivity index (χ3v) is 10.2. The second-order valence-corrected chi connectivity index (χ2v) is 14.0. The van der Waals surface area contributed by atoms with Crippen LogP contribution in [-0.4, -0.2) is 37.1 Å².